The Hall–Kier alpha value is -1.59. The number of carbonyl (C=O) groups excluding carboxylic acids is 3. The zero-order chi connectivity index (χ0) is 41.9. The molecule has 0 aromatic carbocycles. The van der Waals surface area contributed by atoms with E-state index in [1.54, 1.807) is 0 Å². The van der Waals surface area contributed by atoms with E-state index in [0.717, 1.165) is 69.6 Å². The summed E-state index contributed by atoms with van der Waals surface area (Å²) < 4.78 is 16.8. The lowest BCUT2D eigenvalue weighted by Crippen LogP contribution is -2.30. The Morgan fingerprint density at radius 1 is 0.368 bits per heavy atom. The van der Waals surface area contributed by atoms with Crippen LogP contribution in [0.1, 0.15) is 279 Å². The molecule has 0 N–H and O–H groups in total. The van der Waals surface area contributed by atoms with Gasteiger partial charge in [-0.2, -0.15) is 0 Å². The van der Waals surface area contributed by atoms with Gasteiger partial charge >= 0.3 is 17.9 Å². The van der Waals surface area contributed by atoms with Gasteiger partial charge in [0.1, 0.15) is 13.2 Å². The van der Waals surface area contributed by atoms with E-state index in [2.05, 4.69) is 34.6 Å². The summed E-state index contributed by atoms with van der Waals surface area (Å²) in [4.78, 5) is 37.8. The number of hydrogen-bond acceptors (Lipinski definition) is 6. The van der Waals surface area contributed by atoms with Gasteiger partial charge in [0.25, 0.3) is 0 Å². The highest BCUT2D eigenvalue weighted by atomic mass is 16.6. The zero-order valence-electron chi connectivity index (χ0n) is 39.0. The number of unbranched alkanes of at least 4 members (excludes halogenated alkanes) is 29. The third-order valence-corrected chi connectivity index (χ3v) is 11.8. The molecule has 6 heteroatoms. The lowest BCUT2D eigenvalue weighted by Gasteiger charge is -2.18. The zero-order valence-corrected chi connectivity index (χ0v) is 39.0. The van der Waals surface area contributed by atoms with Crippen molar-refractivity contribution in [2.45, 2.75) is 285 Å². The SMILES string of the molecule is CCCCCCCCCCCCCCCCCCCCC(=O)O[C@@H](COC(=O)CCCCCCCCCCC(C)CC)COC(=O)CCCCCCCCC(C)C. The molecule has 0 aromatic rings. The van der Waals surface area contributed by atoms with E-state index in [1.807, 2.05) is 0 Å². The van der Waals surface area contributed by atoms with E-state index in [4.69, 9.17) is 14.2 Å². The van der Waals surface area contributed by atoms with Gasteiger partial charge in [-0.15, -0.1) is 0 Å². The highest BCUT2D eigenvalue weighted by molar-refractivity contribution is 5.71. The van der Waals surface area contributed by atoms with E-state index in [1.165, 1.54) is 167 Å². The van der Waals surface area contributed by atoms with Crippen LogP contribution in [-0.2, 0) is 28.6 Å². The summed E-state index contributed by atoms with van der Waals surface area (Å²) in [5.41, 5.74) is 0. The van der Waals surface area contributed by atoms with Crippen LogP contribution in [0.5, 0.6) is 0 Å². The second kappa shape index (κ2) is 44.0. The summed E-state index contributed by atoms with van der Waals surface area (Å²) in [6.45, 7) is 11.3. The van der Waals surface area contributed by atoms with Crippen molar-refractivity contribution < 1.29 is 28.6 Å². The maximum absolute atomic E-state index is 12.8. The van der Waals surface area contributed by atoms with Crippen molar-refractivity contribution in [3.8, 4) is 0 Å². The highest BCUT2D eigenvalue weighted by Gasteiger charge is 2.19. The van der Waals surface area contributed by atoms with E-state index in [-0.39, 0.29) is 31.1 Å². The average molecular weight is 807 g/mol. The minimum Gasteiger partial charge on any atom is -0.462 e. The van der Waals surface area contributed by atoms with Crippen LogP contribution in [0.4, 0.5) is 0 Å². The Morgan fingerprint density at radius 2 is 0.667 bits per heavy atom. The molecule has 2 atom stereocenters. The maximum atomic E-state index is 12.8. The van der Waals surface area contributed by atoms with Gasteiger partial charge in [-0.05, 0) is 31.1 Å². The average Bonchev–Trinajstić information content (AvgIpc) is 3.19. The smallest absolute Gasteiger partial charge is 0.306 e. The molecule has 0 fully saturated rings. The number of ether oxygens (including phenoxy) is 3. The topological polar surface area (TPSA) is 78.9 Å². The van der Waals surface area contributed by atoms with Gasteiger partial charge in [0.2, 0.25) is 0 Å². The Bertz CT molecular complexity index is 872. The standard InChI is InChI=1S/C51H98O6/c1-6-8-9-10-11-12-13-14-15-16-17-18-19-20-21-26-33-38-43-51(54)57-48(45-56-50(53)42-37-32-28-27-29-34-39-46(3)4)44-55-49(52)41-36-31-25-23-22-24-30-35-40-47(5)7-2/h46-48H,6-45H2,1-5H3/t47?,48-/m0/s1. The number of rotatable bonds is 45. The van der Waals surface area contributed by atoms with Gasteiger partial charge in [-0.3, -0.25) is 14.4 Å². The first-order valence-electron chi connectivity index (χ1n) is 25.3. The molecule has 0 aliphatic carbocycles. The molecule has 0 radical (unpaired) electrons. The van der Waals surface area contributed by atoms with E-state index < -0.39 is 6.10 Å². The van der Waals surface area contributed by atoms with Crippen molar-refractivity contribution >= 4 is 17.9 Å². The Balaban J connectivity index is 4.26. The third-order valence-electron chi connectivity index (χ3n) is 11.8. The van der Waals surface area contributed by atoms with Crippen molar-refractivity contribution in [2.75, 3.05) is 13.2 Å². The van der Waals surface area contributed by atoms with Crippen LogP contribution in [0, 0.1) is 11.8 Å². The van der Waals surface area contributed by atoms with Gasteiger partial charge in [0.15, 0.2) is 6.10 Å². The largest absolute Gasteiger partial charge is 0.462 e. The number of carbonyl (C=O) groups is 3. The molecule has 57 heavy (non-hydrogen) atoms. The molecule has 0 rings (SSSR count). The number of hydrogen-bond donors (Lipinski definition) is 0. The Morgan fingerprint density at radius 3 is 1.00 bits per heavy atom. The van der Waals surface area contributed by atoms with E-state index in [9.17, 15) is 14.4 Å². The number of esters is 3. The normalized spacial score (nSPS) is 12.5. The van der Waals surface area contributed by atoms with Gasteiger partial charge in [0.05, 0.1) is 0 Å². The van der Waals surface area contributed by atoms with Crippen LogP contribution < -0.4 is 0 Å². The van der Waals surface area contributed by atoms with Crippen LogP contribution in [0.15, 0.2) is 0 Å². The fraction of sp³-hybridized carbons (Fsp3) is 0.941. The molecule has 0 heterocycles. The molecule has 1 unspecified atom stereocenters. The summed E-state index contributed by atoms with van der Waals surface area (Å²) in [5.74, 6) is 0.754. The highest BCUT2D eigenvalue weighted by Crippen LogP contribution is 2.17. The summed E-state index contributed by atoms with van der Waals surface area (Å²) in [7, 11) is 0. The molecule has 0 aliphatic rings. The first kappa shape index (κ1) is 55.4. The van der Waals surface area contributed by atoms with Crippen molar-refractivity contribution in [3.63, 3.8) is 0 Å². The van der Waals surface area contributed by atoms with Gasteiger partial charge in [-0.1, -0.05) is 240 Å². The Labute approximate surface area is 355 Å². The van der Waals surface area contributed by atoms with Gasteiger partial charge in [0, 0.05) is 19.3 Å². The van der Waals surface area contributed by atoms with Crippen LogP contribution in [-0.4, -0.2) is 37.2 Å². The quantitative estimate of drug-likeness (QED) is 0.0346. The van der Waals surface area contributed by atoms with Crippen LogP contribution in [0.3, 0.4) is 0 Å². The first-order chi connectivity index (χ1) is 27.8. The predicted octanol–water partition coefficient (Wildman–Crippen LogP) is 16.1. The van der Waals surface area contributed by atoms with Crippen molar-refractivity contribution in [2.24, 2.45) is 11.8 Å². The van der Waals surface area contributed by atoms with E-state index in [0.29, 0.717) is 19.3 Å². The van der Waals surface area contributed by atoms with Crippen molar-refractivity contribution in [1.82, 2.24) is 0 Å². The molecule has 0 aliphatic heterocycles. The minimum absolute atomic E-state index is 0.0655. The molecule has 0 saturated heterocycles. The molecular formula is C51H98O6. The lowest BCUT2D eigenvalue weighted by molar-refractivity contribution is -0.167. The predicted molar refractivity (Wildman–Crippen MR) is 243 cm³/mol. The fourth-order valence-corrected chi connectivity index (χ4v) is 7.60. The summed E-state index contributed by atoms with van der Waals surface area (Å²) >= 11 is 0. The Kier molecular flexibility index (Phi) is 42.7. The van der Waals surface area contributed by atoms with Crippen LogP contribution >= 0.6 is 0 Å². The van der Waals surface area contributed by atoms with Gasteiger partial charge < -0.3 is 14.2 Å². The molecule has 338 valence electrons. The van der Waals surface area contributed by atoms with Crippen molar-refractivity contribution in [1.29, 1.82) is 0 Å². The second-order valence-electron chi connectivity index (χ2n) is 18.2. The third kappa shape index (κ3) is 43.8. The summed E-state index contributed by atoms with van der Waals surface area (Å²) in [6.07, 6.45) is 43.9. The summed E-state index contributed by atoms with van der Waals surface area (Å²) in [5, 5.41) is 0. The molecule has 0 amide bonds. The second-order valence-corrected chi connectivity index (χ2v) is 18.2. The van der Waals surface area contributed by atoms with Crippen LogP contribution in [0.25, 0.3) is 0 Å². The molecule has 0 aromatic heterocycles. The first-order valence-corrected chi connectivity index (χ1v) is 25.3. The molecule has 0 saturated carbocycles. The molecular weight excluding hydrogens is 709 g/mol. The van der Waals surface area contributed by atoms with E-state index >= 15 is 0 Å². The van der Waals surface area contributed by atoms with Gasteiger partial charge in [-0.25, -0.2) is 0 Å². The summed E-state index contributed by atoms with van der Waals surface area (Å²) in [6, 6.07) is 0. The van der Waals surface area contributed by atoms with Crippen molar-refractivity contribution in [3.05, 3.63) is 0 Å². The van der Waals surface area contributed by atoms with Crippen LogP contribution in [0.2, 0.25) is 0 Å². The fourth-order valence-electron chi connectivity index (χ4n) is 7.60. The minimum atomic E-state index is -0.762. The monoisotopic (exact) mass is 807 g/mol. The molecule has 0 bridgehead atoms. The molecule has 0 spiro atoms. The molecule has 6 nitrogen and oxygen atoms in total. The lowest BCUT2D eigenvalue weighted by atomic mass is 9.99. The maximum Gasteiger partial charge on any atom is 0.306 e.